The van der Waals surface area contributed by atoms with Crippen molar-refractivity contribution in [3.8, 4) is 0 Å². The highest BCUT2D eigenvalue weighted by Crippen LogP contribution is 2.27. The van der Waals surface area contributed by atoms with Crippen LogP contribution in [0.25, 0.3) is 0 Å². The van der Waals surface area contributed by atoms with Gasteiger partial charge in [-0.2, -0.15) is 0 Å². The maximum atomic E-state index is 12.4. The zero-order valence-corrected chi connectivity index (χ0v) is 12.3. The maximum Gasteiger partial charge on any atom is 0.241 e. The molecule has 6 heteroatoms. The van der Waals surface area contributed by atoms with Crippen LogP contribution in [0.15, 0.2) is 23.1 Å². The van der Waals surface area contributed by atoms with Gasteiger partial charge in [-0.15, -0.1) is 0 Å². The molecule has 2 unspecified atom stereocenters. The van der Waals surface area contributed by atoms with Gasteiger partial charge in [0, 0.05) is 17.7 Å². The van der Waals surface area contributed by atoms with Crippen molar-refractivity contribution in [2.45, 2.75) is 37.1 Å². The second-order valence-electron chi connectivity index (χ2n) is 5.01. The minimum atomic E-state index is -3.59. The predicted octanol–water partition coefficient (Wildman–Crippen LogP) is 2.09. The highest BCUT2D eigenvalue weighted by atomic mass is 35.5. The molecule has 4 nitrogen and oxygen atoms in total. The first kappa shape index (κ1) is 14.8. The molecule has 1 aliphatic carbocycles. The van der Waals surface area contributed by atoms with Gasteiger partial charge < -0.3 is 5.11 Å². The summed E-state index contributed by atoms with van der Waals surface area (Å²) in [6, 6.07) is 4.63. The molecule has 19 heavy (non-hydrogen) atoms. The number of aliphatic hydroxyl groups is 1. The van der Waals surface area contributed by atoms with Crippen molar-refractivity contribution in [3.05, 3.63) is 28.8 Å². The van der Waals surface area contributed by atoms with E-state index in [1.54, 1.807) is 19.1 Å². The molecule has 0 aliphatic heterocycles. The molecule has 2 atom stereocenters. The van der Waals surface area contributed by atoms with Crippen molar-refractivity contribution in [2.24, 2.45) is 5.92 Å². The number of rotatable bonds is 4. The average Bonchev–Trinajstić information content (AvgIpc) is 2.78. The van der Waals surface area contributed by atoms with E-state index in [-0.39, 0.29) is 23.5 Å². The average molecular weight is 304 g/mol. The second kappa shape index (κ2) is 5.79. The third kappa shape index (κ3) is 3.28. The van der Waals surface area contributed by atoms with Crippen LogP contribution in [0.2, 0.25) is 5.02 Å². The van der Waals surface area contributed by atoms with Gasteiger partial charge in [0.1, 0.15) is 0 Å². The van der Waals surface area contributed by atoms with E-state index < -0.39 is 10.0 Å². The van der Waals surface area contributed by atoms with E-state index in [2.05, 4.69) is 4.72 Å². The normalized spacial score (nSPS) is 23.7. The van der Waals surface area contributed by atoms with E-state index in [0.717, 1.165) is 19.3 Å². The largest absolute Gasteiger partial charge is 0.396 e. The number of sulfonamides is 1. The van der Waals surface area contributed by atoms with Gasteiger partial charge in [-0.3, -0.25) is 0 Å². The Morgan fingerprint density at radius 2 is 2.16 bits per heavy atom. The van der Waals surface area contributed by atoms with Crippen molar-refractivity contribution in [2.75, 3.05) is 6.61 Å². The molecule has 0 spiro atoms. The van der Waals surface area contributed by atoms with E-state index >= 15 is 0 Å². The fourth-order valence-corrected chi connectivity index (χ4v) is 4.38. The van der Waals surface area contributed by atoms with Crippen LogP contribution in [0.5, 0.6) is 0 Å². The van der Waals surface area contributed by atoms with Crippen molar-refractivity contribution in [1.29, 1.82) is 0 Å². The summed E-state index contributed by atoms with van der Waals surface area (Å²) in [5, 5.41) is 9.65. The summed E-state index contributed by atoms with van der Waals surface area (Å²) in [7, 11) is -3.59. The molecule has 2 N–H and O–H groups in total. The number of aliphatic hydroxyl groups excluding tert-OH is 1. The van der Waals surface area contributed by atoms with Crippen molar-refractivity contribution < 1.29 is 13.5 Å². The first-order valence-corrected chi connectivity index (χ1v) is 8.19. The molecule has 1 saturated carbocycles. The van der Waals surface area contributed by atoms with Gasteiger partial charge in [0.25, 0.3) is 0 Å². The Labute approximate surface area is 118 Å². The first-order chi connectivity index (χ1) is 8.94. The highest BCUT2D eigenvalue weighted by molar-refractivity contribution is 7.89. The summed E-state index contributed by atoms with van der Waals surface area (Å²) in [5.74, 6) is 0.00858. The van der Waals surface area contributed by atoms with Gasteiger partial charge in [-0.25, -0.2) is 13.1 Å². The van der Waals surface area contributed by atoms with Crippen LogP contribution in [0.3, 0.4) is 0 Å². The van der Waals surface area contributed by atoms with E-state index in [1.807, 2.05) is 0 Å². The first-order valence-electron chi connectivity index (χ1n) is 6.33. The van der Waals surface area contributed by atoms with E-state index in [4.69, 9.17) is 11.6 Å². The van der Waals surface area contributed by atoms with Crippen LogP contribution in [-0.2, 0) is 10.0 Å². The Bertz CT molecular complexity index is 559. The Morgan fingerprint density at radius 3 is 2.84 bits per heavy atom. The second-order valence-corrected chi connectivity index (χ2v) is 7.13. The van der Waals surface area contributed by atoms with Gasteiger partial charge in [-0.05, 0) is 43.4 Å². The molecular weight excluding hydrogens is 286 g/mol. The summed E-state index contributed by atoms with van der Waals surface area (Å²) < 4.78 is 27.4. The number of nitrogens with one attached hydrogen (secondary N) is 1. The summed E-state index contributed by atoms with van der Waals surface area (Å²) >= 11 is 5.86. The van der Waals surface area contributed by atoms with Crippen molar-refractivity contribution in [3.63, 3.8) is 0 Å². The number of benzene rings is 1. The predicted molar refractivity (Wildman–Crippen MR) is 74.7 cm³/mol. The Hall–Kier alpha value is -0.620. The SMILES string of the molecule is Cc1ccc(Cl)cc1S(=O)(=O)NC1CCCC1CO. The molecule has 0 bridgehead atoms. The molecule has 0 heterocycles. The van der Waals surface area contributed by atoms with Crippen LogP contribution < -0.4 is 4.72 Å². The third-order valence-electron chi connectivity index (χ3n) is 3.64. The topological polar surface area (TPSA) is 66.4 Å². The molecule has 106 valence electrons. The minimum absolute atomic E-state index is 0.00858. The lowest BCUT2D eigenvalue weighted by Gasteiger charge is -2.19. The van der Waals surface area contributed by atoms with Gasteiger partial charge in [-0.1, -0.05) is 24.1 Å². The molecular formula is C13H18ClNO3S. The summed E-state index contributed by atoms with van der Waals surface area (Å²) in [5.41, 5.74) is 0.662. The van der Waals surface area contributed by atoms with Crippen LogP contribution in [-0.4, -0.2) is 26.2 Å². The van der Waals surface area contributed by atoms with Gasteiger partial charge in [0.05, 0.1) is 4.90 Å². The molecule has 1 aliphatic rings. The number of halogens is 1. The quantitative estimate of drug-likeness (QED) is 0.895. The highest BCUT2D eigenvalue weighted by Gasteiger charge is 2.31. The maximum absolute atomic E-state index is 12.4. The fourth-order valence-electron chi connectivity index (χ4n) is 2.54. The fraction of sp³-hybridized carbons (Fsp3) is 0.538. The van der Waals surface area contributed by atoms with E-state index in [0.29, 0.717) is 10.6 Å². The van der Waals surface area contributed by atoms with Gasteiger partial charge >= 0.3 is 0 Å². The molecule has 0 amide bonds. The summed E-state index contributed by atoms with van der Waals surface area (Å²) in [6.07, 6.45) is 2.56. The minimum Gasteiger partial charge on any atom is -0.396 e. The third-order valence-corrected chi connectivity index (χ3v) is 5.51. The van der Waals surface area contributed by atoms with Crippen LogP contribution in [0.1, 0.15) is 24.8 Å². The molecule has 0 radical (unpaired) electrons. The Morgan fingerprint density at radius 1 is 1.42 bits per heavy atom. The number of aryl methyl sites for hydroxylation is 1. The van der Waals surface area contributed by atoms with Crippen LogP contribution >= 0.6 is 11.6 Å². The van der Waals surface area contributed by atoms with Crippen molar-refractivity contribution in [1.82, 2.24) is 4.72 Å². The molecule has 0 saturated heterocycles. The molecule has 1 fully saturated rings. The molecule has 1 aromatic carbocycles. The van der Waals surface area contributed by atoms with Gasteiger partial charge in [0.2, 0.25) is 10.0 Å². The summed E-state index contributed by atoms with van der Waals surface area (Å²) in [6.45, 7) is 1.75. The lowest BCUT2D eigenvalue weighted by atomic mass is 10.1. The number of hydrogen-bond donors (Lipinski definition) is 2. The lowest BCUT2D eigenvalue weighted by Crippen LogP contribution is -2.38. The van der Waals surface area contributed by atoms with Gasteiger partial charge in [0.15, 0.2) is 0 Å². The molecule has 0 aromatic heterocycles. The zero-order valence-electron chi connectivity index (χ0n) is 10.8. The Kier molecular flexibility index (Phi) is 4.50. The van der Waals surface area contributed by atoms with Crippen molar-refractivity contribution >= 4 is 21.6 Å². The van der Waals surface area contributed by atoms with Crippen LogP contribution in [0.4, 0.5) is 0 Å². The standard InChI is InChI=1S/C13H18ClNO3S/c1-9-5-6-11(14)7-13(9)19(17,18)15-12-4-2-3-10(12)8-16/h5-7,10,12,15-16H,2-4,8H2,1H3. The van der Waals surface area contributed by atoms with E-state index in [9.17, 15) is 13.5 Å². The monoisotopic (exact) mass is 303 g/mol. The van der Waals surface area contributed by atoms with E-state index in [1.165, 1.54) is 6.07 Å². The smallest absolute Gasteiger partial charge is 0.241 e. The van der Waals surface area contributed by atoms with Crippen LogP contribution in [0, 0.1) is 12.8 Å². The summed E-state index contributed by atoms with van der Waals surface area (Å²) in [4.78, 5) is 0.212. The lowest BCUT2D eigenvalue weighted by molar-refractivity contribution is 0.213. The Balaban J connectivity index is 2.25. The molecule has 1 aromatic rings. The zero-order chi connectivity index (χ0) is 14.0. The number of hydrogen-bond acceptors (Lipinski definition) is 3. The molecule has 2 rings (SSSR count).